The Labute approximate surface area is 58.5 Å². The average molecular weight is 137 g/mol. The molecule has 0 aliphatic rings. The van der Waals surface area contributed by atoms with E-state index in [0.717, 1.165) is 11.8 Å². The van der Waals surface area contributed by atoms with Gasteiger partial charge in [-0.2, -0.15) is 4.73 Å². The highest BCUT2D eigenvalue weighted by Crippen LogP contribution is 1.92. The number of pyridine rings is 1. The Morgan fingerprint density at radius 2 is 2.10 bits per heavy atom. The third kappa shape index (κ3) is 1.55. The van der Waals surface area contributed by atoms with Crippen LogP contribution in [0.4, 0.5) is 0 Å². The predicted octanol–water partition coefficient (Wildman–Crippen LogP) is 0.0614. The zero-order chi connectivity index (χ0) is 7.40. The number of hydrogen-bond donors (Lipinski definition) is 0. The number of aldehydes is 1. The molecule has 1 rings (SSSR count). The van der Waals surface area contributed by atoms with E-state index in [1.807, 2.05) is 0 Å². The Hall–Kier alpha value is -1.38. The van der Waals surface area contributed by atoms with Crippen LogP contribution >= 0.6 is 0 Å². The SMILES string of the molecule is O=CCc1cc[n+]([O-])cc1. The zero-order valence-corrected chi connectivity index (χ0v) is 5.36. The summed E-state index contributed by atoms with van der Waals surface area (Å²) < 4.78 is 0.689. The first kappa shape index (κ1) is 6.74. The van der Waals surface area contributed by atoms with Crippen molar-refractivity contribution < 1.29 is 9.52 Å². The van der Waals surface area contributed by atoms with E-state index in [4.69, 9.17) is 0 Å². The number of carbonyl (C=O) groups is 1. The molecule has 0 saturated heterocycles. The van der Waals surface area contributed by atoms with E-state index >= 15 is 0 Å². The van der Waals surface area contributed by atoms with Crippen molar-refractivity contribution in [2.24, 2.45) is 0 Å². The fourth-order valence-electron chi connectivity index (χ4n) is 0.676. The van der Waals surface area contributed by atoms with E-state index in [-0.39, 0.29) is 0 Å². The van der Waals surface area contributed by atoms with Crippen LogP contribution in [0.25, 0.3) is 0 Å². The third-order valence-corrected chi connectivity index (χ3v) is 1.19. The van der Waals surface area contributed by atoms with Crippen LogP contribution in [0.15, 0.2) is 24.5 Å². The standard InChI is InChI=1S/C7H7NO2/c9-6-3-7-1-4-8(10)5-2-7/h1-2,4-6H,3H2. The van der Waals surface area contributed by atoms with Gasteiger partial charge >= 0.3 is 0 Å². The summed E-state index contributed by atoms with van der Waals surface area (Å²) in [7, 11) is 0. The molecular weight excluding hydrogens is 130 g/mol. The van der Waals surface area contributed by atoms with E-state index < -0.39 is 0 Å². The Morgan fingerprint density at radius 3 is 2.60 bits per heavy atom. The highest BCUT2D eigenvalue weighted by molar-refractivity contribution is 5.54. The largest absolute Gasteiger partial charge is 0.619 e. The van der Waals surface area contributed by atoms with E-state index in [1.165, 1.54) is 12.4 Å². The van der Waals surface area contributed by atoms with Gasteiger partial charge in [0.1, 0.15) is 6.29 Å². The molecule has 3 heteroatoms. The maximum Gasteiger partial charge on any atom is 0.180 e. The second kappa shape index (κ2) is 2.96. The van der Waals surface area contributed by atoms with Gasteiger partial charge in [0.15, 0.2) is 12.4 Å². The van der Waals surface area contributed by atoms with Crippen molar-refractivity contribution in [3.05, 3.63) is 35.3 Å². The molecule has 0 radical (unpaired) electrons. The van der Waals surface area contributed by atoms with Crippen molar-refractivity contribution in [3.8, 4) is 0 Å². The van der Waals surface area contributed by atoms with E-state index in [2.05, 4.69) is 0 Å². The van der Waals surface area contributed by atoms with Gasteiger partial charge in [0, 0.05) is 18.6 Å². The second-order valence-electron chi connectivity index (χ2n) is 1.94. The molecule has 10 heavy (non-hydrogen) atoms. The van der Waals surface area contributed by atoms with Crippen LogP contribution in [0, 0.1) is 5.21 Å². The lowest BCUT2D eigenvalue weighted by Crippen LogP contribution is -2.23. The van der Waals surface area contributed by atoms with Crippen molar-refractivity contribution in [2.45, 2.75) is 6.42 Å². The molecule has 0 fully saturated rings. The molecule has 0 N–H and O–H groups in total. The molecule has 1 heterocycles. The van der Waals surface area contributed by atoms with Crippen molar-refractivity contribution in [1.82, 2.24) is 0 Å². The lowest BCUT2D eigenvalue weighted by molar-refractivity contribution is -0.605. The number of hydrogen-bond acceptors (Lipinski definition) is 2. The Balaban J connectivity index is 2.78. The molecule has 0 atom stereocenters. The number of aromatic nitrogens is 1. The first-order chi connectivity index (χ1) is 4.83. The van der Waals surface area contributed by atoms with Gasteiger partial charge in [0.25, 0.3) is 0 Å². The molecule has 0 bridgehead atoms. The minimum Gasteiger partial charge on any atom is -0.619 e. The summed E-state index contributed by atoms with van der Waals surface area (Å²) in [6.45, 7) is 0. The maximum absolute atomic E-state index is 10.5. The van der Waals surface area contributed by atoms with Crippen LogP contribution in [0.2, 0.25) is 0 Å². The van der Waals surface area contributed by atoms with Gasteiger partial charge in [-0.25, -0.2) is 0 Å². The molecule has 1 aromatic heterocycles. The zero-order valence-electron chi connectivity index (χ0n) is 5.36. The fourth-order valence-corrected chi connectivity index (χ4v) is 0.676. The molecule has 0 unspecified atom stereocenters. The summed E-state index contributed by atoms with van der Waals surface area (Å²) in [5, 5.41) is 10.5. The van der Waals surface area contributed by atoms with Gasteiger partial charge in [-0.3, -0.25) is 0 Å². The molecule has 52 valence electrons. The van der Waals surface area contributed by atoms with Crippen LogP contribution in [0.1, 0.15) is 5.56 Å². The first-order valence-corrected chi connectivity index (χ1v) is 2.94. The van der Waals surface area contributed by atoms with Crippen molar-refractivity contribution >= 4 is 6.29 Å². The van der Waals surface area contributed by atoms with Crippen LogP contribution < -0.4 is 4.73 Å². The molecule has 0 spiro atoms. The molecule has 0 aliphatic heterocycles. The van der Waals surface area contributed by atoms with E-state index in [1.54, 1.807) is 12.1 Å². The van der Waals surface area contributed by atoms with Crippen LogP contribution in [0.5, 0.6) is 0 Å². The highest BCUT2D eigenvalue weighted by atomic mass is 16.5. The summed E-state index contributed by atoms with van der Waals surface area (Å²) >= 11 is 0. The normalized spacial score (nSPS) is 9.20. The van der Waals surface area contributed by atoms with E-state index in [9.17, 15) is 10.0 Å². The number of nitrogens with zero attached hydrogens (tertiary/aromatic N) is 1. The minimum atomic E-state index is 0.376. The van der Waals surface area contributed by atoms with Crippen molar-refractivity contribution in [3.63, 3.8) is 0 Å². The third-order valence-electron chi connectivity index (χ3n) is 1.19. The summed E-state index contributed by atoms with van der Waals surface area (Å²) in [4.78, 5) is 9.97. The van der Waals surface area contributed by atoms with Crippen LogP contribution in [-0.4, -0.2) is 6.29 Å². The van der Waals surface area contributed by atoms with Crippen molar-refractivity contribution in [1.29, 1.82) is 0 Å². The Morgan fingerprint density at radius 1 is 1.50 bits per heavy atom. The molecule has 1 aromatic rings. The van der Waals surface area contributed by atoms with Gasteiger partial charge in [-0.05, 0) is 5.56 Å². The molecule has 0 amide bonds. The van der Waals surface area contributed by atoms with Gasteiger partial charge < -0.3 is 10.0 Å². The molecule has 0 aliphatic carbocycles. The first-order valence-electron chi connectivity index (χ1n) is 2.94. The van der Waals surface area contributed by atoms with Gasteiger partial charge in [-0.15, -0.1) is 0 Å². The van der Waals surface area contributed by atoms with Gasteiger partial charge in [0.05, 0.1) is 0 Å². The van der Waals surface area contributed by atoms with Crippen molar-refractivity contribution in [2.75, 3.05) is 0 Å². The van der Waals surface area contributed by atoms with Gasteiger partial charge in [0.2, 0.25) is 0 Å². The molecule has 0 aromatic carbocycles. The maximum atomic E-state index is 10.5. The molecule has 0 saturated carbocycles. The predicted molar refractivity (Wildman–Crippen MR) is 35.2 cm³/mol. The molecule has 3 nitrogen and oxygen atoms in total. The van der Waals surface area contributed by atoms with Crippen LogP contribution in [0.3, 0.4) is 0 Å². The summed E-state index contributed by atoms with van der Waals surface area (Å²) in [5.41, 5.74) is 0.863. The molecular formula is C7H7NO2. The Kier molecular flexibility index (Phi) is 1.99. The second-order valence-corrected chi connectivity index (χ2v) is 1.94. The number of carbonyl (C=O) groups excluding carboxylic acids is 1. The monoisotopic (exact) mass is 137 g/mol. The Bertz CT molecular complexity index is 218. The van der Waals surface area contributed by atoms with Gasteiger partial charge in [-0.1, -0.05) is 0 Å². The fraction of sp³-hybridized carbons (Fsp3) is 0.143. The quantitative estimate of drug-likeness (QED) is 0.328. The van der Waals surface area contributed by atoms with Crippen LogP contribution in [-0.2, 0) is 11.2 Å². The smallest absolute Gasteiger partial charge is 0.180 e. The average Bonchev–Trinajstić information content (AvgIpc) is 1.95. The summed E-state index contributed by atoms with van der Waals surface area (Å²) in [6.07, 6.45) is 3.93. The topological polar surface area (TPSA) is 44.0 Å². The summed E-state index contributed by atoms with van der Waals surface area (Å²) in [6, 6.07) is 3.25. The lowest BCUT2D eigenvalue weighted by Gasteiger charge is -1.94. The number of rotatable bonds is 2. The lowest BCUT2D eigenvalue weighted by atomic mass is 10.2. The minimum absolute atomic E-state index is 0.376. The highest BCUT2D eigenvalue weighted by Gasteiger charge is 1.91. The summed E-state index contributed by atoms with van der Waals surface area (Å²) in [5.74, 6) is 0. The van der Waals surface area contributed by atoms with E-state index in [0.29, 0.717) is 11.2 Å².